The summed E-state index contributed by atoms with van der Waals surface area (Å²) in [6.07, 6.45) is 2.99. The summed E-state index contributed by atoms with van der Waals surface area (Å²) in [4.78, 5) is 15.0. The van der Waals surface area contributed by atoms with Crippen LogP contribution in [0.25, 0.3) is 0 Å². The number of hydrogen-bond donors (Lipinski definition) is 0. The largest absolute Gasteiger partial charge is 0.383 e. The maximum absolute atomic E-state index is 13.1. The van der Waals surface area contributed by atoms with Gasteiger partial charge in [0.05, 0.1) is 13.2 Å². The van der Waals surface area contributed by atoms with Gasteiger partial charge in [-0.05, 0) is 53.9 Å². The summed E-state index contributed by atoms with van der Waals surface area (Å²) < 4.78 is 7.39. The number of aryl methyl sites for hydroxylation is 1. The zero-order chi connectivity index (χ0) is 20.6. The Hall–Kier alpha value is -2.56. The third kappa shape index (κ3) is 5.72. The lowest BCUT2D eigenvalue weighted by Crippen LogP contribution is -2.34. The monoisotopic (exact) mass is 410 g/mol. The topological polar surface area (TPSA) is 34.5 Å². The minimum Gasteiger partial charge on any atom is -0.383 e. The van der Waals surface area contributed by atoms with Crippen LogP contribution in [0, 0.1) is 0 Å². The molecule has 4 nitrogen and oxygen atoms in total. The van der Waals surface area contributed by atoms with E-state index >= 15 is 0 Å². The van der Waals surface area contributed by atoms with E-state index in [-0.39, 0.29) is 5.91 Å². The second kappa shape index (κ2) is 10.3. The molecule has 0 N–H and O–H groups in total. The smallest absolute Gasteiger partial charge is 0.254 e. The molecule has 0 saturated carbocycles. The second-order valence-electron chi connectivity index (χ2n) is 7.03. The molecule has 0 bridgehead atoms. The molecule has 0 atom stereocenters. The summed E-state index contributed by atoms with van der Waals surface area (Å²) in [7, 11) is 1.65. The number of amides is 1. The molecule has 0 aliphatic carbocycles. The number of benzene rings is 2. The Bertz CT molecular complexity index is 934. The van der Waals surface area contributed by atoms with E-state index < -0.39 is 0 Å². The summed E-state index contributed by atoms with van der Waals surface area (Å²) in [5.74, 6) is 0.0141. The number of nitrogens with zero attached hydrogens (tertiary/aromatic N) is 2. The van der Waals surface area contributed by atoms with Gasteiger partial charge >= 0.3 is 0 Å². The molecule has 3 rings (SSSR count). The molecule has 152 valence electrons. The first kappa shape index (κ1) is 21.2. The van der Waals surface area contributed by atoms with Gasteiger partial charge in [0.25, 0.3) is 5.91 Å². The summed E-state index contributed by atoms with van der Waals surface area (Å²) in [6, 6.07) is 19.8. The molecule has 1 aromatic heterocycles. The van der Waals surface area contributed by atoms with Crippen LogP contribution in [0.15, 0.2) is 66.9 Å². The van der Waals surface area contributed by atoms with Gasteiger partial charge in [-0.15, -0.1) is 0 Å². The van der Waals surface area contributed by atoms with Gasteiger partial charge in [0.15, 0.2) is 0 Å². The van der Waals surface area contributed by atoms with E-state index in [1.165, 1.54) is 5.56 Å². The molecule has 5 heteroatoms. The normalized spacial score (nSPS) is 10.9. The van der Waals surface area contributed by atoms with Crippen molar-refractivity contribution in [1.29, 1.82) is 0 Å². The minimum atomic E-state index is 0.0141. The lowest BCUT2D eigenvalue weighted by Gasteiger charge is -2.23. The summed E-state index contributed by atoms with van der Waals surface area (Å²) in [5.41, 5.74) is 4.12. The third-order valence-corrected chi connectivity index (χ3v) is 5.22. The first-order valence-electron chi connectivity index (χ1n) is 9.86. The predicted octanol–water partition coefficient (Wildman–Crippen LogP) is 5.04. The molecule has 0 aliphatic heterocycles. The number of aromatic nitrogens is 1. The second-order valence-corrected chi connectivity index (χ2v) is 7.46. The van der Waals surface area contributed by atoms with Crippen LogP contribution in [-0.2, 0) is 24.2 Å². The molecule has 0 spiro atoms. The zero-order valence-corrected chi connectivity index (χ0v) is 17.7. The predicted molar refractivity (Wildman–Crippen MR) is 117 cm³/mol. The van der Waals surface area contributed by atoms with Gasteiger partial charge in [-0.25, -0.2) is 0 Å². The van der Waals surface area contributed by atoms with Crippen molar-refractivity contribution in [3.05, 3.63) is 94.3 Å². The number of rotatable bonds is 9. The Kier molecular flexibility index (Phi) is 7.50. The van der Waals surface area contributed by atoms with Gasteiger partial charge in [0.2, 0.25) is 0 Å². The molecule has 0 unspecified atom stereocenters. The van der Waals surface area contributed by atoms with Crippen LogP contribution < -0.4 is 0 Å². The summed E-state index contributed by atoms with van der Waals surface area (Å²) in [6.45, 7) is 4.36. The number of carbonyl (C=O) groups is 1. The average molecular weight is 411 g/mol. The molecule has 1 amide bonds. The van der Waals surface area contributed by atoms with Crippen LogP contribution in [-0.4, -0.2) is 35.6 Å². The number of carbonyl (C=O) groups excluding carboxylic acids is 1. The van der Waals surface area contributed by atoms with E-state index in [0.717, 1.165) is 22.7 Å². The Labute approximate surface area is 177 Å². The number of halogens is 1. The Morgan fingerprint density at radius 1 is 1.07 bits per heavy atom. The van der Waals surface area contributed by atoms with Crippen LogP contribution >= 0.6 is 11.6 Å². The molecule has 0 saturated heterocycles. The highest BCUT2D eigenvalue weighted by Gasteiger charge is 2.17. The number of ether oxygens (including phenoxy) is 1. The fourth-order valence-corrected chi connectivity index (χ4v) is 3.51. The highest BCUT2D eigenvalue weighted by molar-refractivity contribution is 6.30. The Morgan fingerprint density at radius 3 is 2.55 bits per heavy atom. The molecule has 0 fully saturated rings. The van der Waals surface area contributed by atoms with Crippen molar-refractivity contribution >= 4 is 17.5 Å². The first-order valence-corrected chi connectivity index (χ1v) is 10.2. The van der Waals surface area contributed by atoms with E-state index in [1.54, 1.807) is 7.11 Å². The van der Waals surface area contributed by atoms with Crippen molar-refractivity contribution in [3.63, 3.8) is 0 Å². The first-order chi connectivity index (χ1) is 14.1. The molecular formula is C24H27ClN2O2. The van der Waals surface area contributed by atoms with E-state index in [0.29, 0.717) is 31.8 Å². The molecule has 29 heavy (non-hydrogen) atoms. The molecule has 2 aromatic carbocycles. The van der Waals surface area contributed by atoms with Crippen molar-refractivity contribution in [2.24, 2.45) is 0 Å². The van der Waals surface area contributed by atoms with E-state index in [1.807, 2.05) is 59.6 Å². The van der Waals surface area contributed by atoms with Crippen molar-refractivity contribution in [2.75, 3.05) is 20.3 Å². The van der Waals surface area contributed by atoms with Gasteiger partial charge in [0, 0.05) is 42.7 Å². The van der Waals surface area contributed by atoms with Crippen LogP contribution in [0.2, 0.25) is 5.02 Å². The van der Waals surface area contributed by atoms with Crippen LogP contribution in [0.3, 0.4) is 0 Å². The summed E-state index contributed by atoms with van der Waals surface area (Å²) >= 11 is 6.12. The number of methoxy groups -OCH3 is 1. The quantitative estimate of drug-likeness (QED) is 0.495. The zero-order valence-electron chi connectivity index (χ0n) is 17.0. The van der Waals surface area contributed by atoms with Crippen molar-refractivity contribution < 1.29 is 9.53 Å². The Morgan fingerprint density at radius 2 is 1.86 bits per heavy atom. The van der Waals surface area contributed by atoms with Gasteiger partial charge in [-0.3, -0.25) is 4.79 Å². The molecule has 0 radical (unpaired) electrons. The Balaban J connectivity index is 1.78. The van der Waals surface area contributed by atoms with Crippen molar-refractivity contribution in [2.45, 2.75) is 26.4 Å². The molecule has 1 heterocycles. The number of hydrogen-bond acceptors (Lipinski definition) is 2. The third-order valence-electron chi connectivity index (χ3n) is 4.98. The molecule has 0 aliphatic rings. The molecular weight excluding hydrogens is 384 g/mol. The van der Waals surface area contributed by atoms with Crippen LogP contribution in [0.4, 0.5) is 0 Å². The van der Waals surface area contributed by atoms with Crippen LogP contribution in [0.1, 0.15) is 34.1 Å². The lowest BCUT2D eigenvalue weighted by atomic mass is 10.1. The van der Waals surface area contributed by atoms with E-state index in [9.17, 15) is 4.79 Å². The van der Waals surface area contributed by atoms with Gasteiger partial charge in [0.1, 0.15) is 0 Å². The fourth-order valence-electron chi connectivity index (χ4n) is 3.29. The lowest BCUT2D eigenvalue weighted by molar-refractivity contribution is 0.0676. The standard InChI is InChI=1S/C24H27ClN2O2/c1-3-19-9-11-21(12-10-19)24(28)27(14-15-29-2)18-23-8-5-13-26(23)17-20-6-4-7-22(25)16-20/h4-13,16H,3,14-15,17-18H2,1-2H3. The maximum atomic E-state index is 13.1. The van der Waals surface area contributed by atoms with Crippen molar-refractivity contribution in [3.8, 4) is 0 Å². The van der Waals surface area contributed by atoms with E-state index in [2.05, 4.69) is 23.6 Å². The average Bonchev–Trinajstić information content (AvgIpc) is 3.17. The van der Waals surface area contributed by atoms with Gasteiger partial charge < -0.3 is 14.2 Å². The highest BCUT2D eigenvalue weighted by Crippen LogP contribution is 2.16. The minimum absolute atomic E-state index is 0.0141. The SMILES string of the molecule is CCc1ccc(C(=O)N(CCOC)Cc2cccn2Cc2cccc(Cl)c2)cc1. The highest BCUT2D eigenvalue weighted by atomic mass is 35.5. The van der Waals surface area contributed by atoms with E-state index in [4.69, 9.17) is 16.3 Å². The van der Waals surface area contributed by atoms with Crippen LogP contribution in [0.5, 0.6) is 0 Å². The summed E-state index contributed by atoms with van der Waals surface area (Å²) in [5, 5.41) is 0.726. The molecule has 3 aromatic rings. The van der Waals surface area contributed by atoms with Gasteiger partial charge in [-0.1, -0.05) is 42.8 Å². The van der Waals surface area contributed by atoms with Gasteiger partial charge in [-0.2, -0.15) is 0 Å². The van der Waals surface area contributed by atoms with Crippen molar-refractivity contribution in [1.82, 2.24) is 9.47 Å². The fraction of sp³-hybridized carbons (Fsp3) is 0.292. The maximum Gasteiger partial charge on any atom is 0.254 e.